The van der Waals surface area contributed by atoms with Gasteiger partial charge in [-0.05, 0) is 30.2 Å². The zero-order valence-electron chi connectivity index (χ0n) is 13.2. The first-order valence-electron chi connectivity index (χ1n) is 7.59. The second-order valence-electron chi connectivity index (χ2n) is 5.78. The Bertz CT molecular complexity index is 803. The maximum absolute atomic E-state index is 12.7. The minimum atomic E-state index is -1.08. The van der Waals surface area contributed by atoms with E-state index in [0.717, 1.165) is 11.1 Å². The molecule has 124 valence electrons. The fourth-order valence-electron chi connectivity index (χ4n) is 2.81. The molecule has 1 heterocycles. The molecule has 3 rings (SSSR count). The summed E-state index contributed by atoms with van der Waals surface area (Å²) >= 11 is 0. The van der Waals surface area contributed by atoms with Gasteiger partial charge in [0.1, 0.15) is 12.3 Å². The van der Waals surface area contributed by atoms with E-state index in [0.29, 0.717) is 23.5 Å². The number of carboxylic acid groups (broad SMARTS) is 1. The number of nitrogens with zero attached hydrogens (tertiary/aromatic N) is 1. The summed E-state index contributed by atoms with van der Waals surface area (Å²) in [4.78, 5) is 25.1. The lowest BCUT2D eigenvalue weighted by Crippen LogP contribution is -2.49. The molecule has 3 N–H and O–H groups in total. The molecule has 24 heavy (non-hydrogen) atoms. The molecule has 2 aromatic rings. The predicted molar refractivity (Wildman–Crippen MR) is 90.1 cm³/mol. The number of aryl methyl sites for hydroxylation is 1. The molecule has 1 amide bonds. The lowest BCUT2D eigenvalue weighted by atomic mass is 10.0. The maximum Gasteiger partial charge on any atom is 0.323 e. The summed E-state index contributed by atoms with van der Waals surface area (Å²) in [5.41, 5.74) is 8.75. The van der Waals surface area contributed by atoms with Crippen molar-refractivity contribution in [3.05, 3.63) is 53.6 Å². The van der Waals surface area contributed by atoms with Crippen molar-refractivity contribution in [2.45, 2.75) is 19.4 Å². The van der Waals surface area contributed by atoms with Crippen molar-refractivity contribution in [1.82, 2.24) is 0 Å². The van der Waals surface area contributed by atoms with Crippen LogP contribution in [-0.4, -0.2) is 29.6 Å². The van der Waals surface area contributed by atoms with E-state index in [-0.39, 0.29) is 5.91 Å². The maximum atomic E-state index is 12.7. The van der Waals surface area contributed by atoms with Crippen molar-refractivity contribution in [2.75, 3.05) is 17.2 Å². The highest BCUT2D eigenvalue weighted by Gasteiger charge is 2.35. The molecule has 0 saturated heterocycles. The largest absolute Gasteiger partial charge is 0.480 e. The Kier molecular flexibility index (Phi) is 4.12. The van der Waals surface area contributed by atoms with Gasteiger partial charge in [0.05, 0.1) is 5.69 Å². The number of hydrogen-bond acceptors (Lipinski definition) is 4. The van der Waals surface area contributed by atoms with Gasteiger partial charge in [-0.2, -0.15) is 0 Å². The third-order valence-electron chi connectivity index (χ3n) is 4.05. The number of carbonyl (C=O) groups is 2. The minimum Gasteiger partial charge on any atom is -0.480 e. The van der Waals surface area contributed by atoms with E-state index in [1.165, 1.54) is 4.90 Å². The Morgan fingerprint density at radius 2 is 2.04 bits per heavy atom. The summed E-state index contributed by atoms with van der Waals surface area (Å²) in [5, 5.41) is 9.12. The highest BCUT2D eigenvalue weighted by molar-refractivity contribution is 6.03. The van der Waals surface area contributed by atoms with Crippen LogP contribution >= 0.6 is 0 Å². The molecule has 0 saturated carbocycles. The highest BCUT2D eigenvalue weighted by atomic mass is 16.5. The first kappa shape index (κ1) is 15.9. The molecule has 1 aliphatic heterocycles. The molecule has 0 fully saturated rings. The van der Waals surface area contributed by atoms with Crippen LogP contribution in [0, 0.1) is 6.92 Å². The number of hydrogen-bond donors (Lipinski definition) is 2. The number of benzene rings is 2. The normalized spacial score (nSPS) is 16.5. The van der Waals surface area contributed by atoms with Crippen LogP contribution in [0.1, 0.15) is 11.1 Å². The average molecular weight is 326 g/mol. The summed E-state index contributed by atoms with van der Waals surface area (Å²) in [5.74, 6) is -1.02. The lowest BCUT2D eigenvalue weighted by molar-refractivity contribution is -0.137. The average Bonchev–Trinajstić information content (AvgIpc) is 2.53. The smallest absolute Gasteiger partial charge is 0.323 e. The zero-order valence-corrected chi connectivity index (χ0v) is 13.2. The van der Waals surface area contributed by atoms with Crippen LogP contribution in [0.15, 0.2) is 42.5 Å². The predicted octanol–water partition coefficient (Wildman–Crippen LogP) is 2.00. The quantitative estimate of drug-likeness (QED) is 0.838. The Morgan fingerprint density at radius 3 is 2.75 bits per heavy atom. The number of rotatable bonds is 4. The van der Waals surface area contributed by atoms with Crippen molar-refractivity contribution in [3.8, 4) is 5.75 Å². The fraction of sp³-hybridized carbons (Fsp3) is 0.222. The zero-order chi connectivity index (χ0) is 17.3. The third-order valence-corrected chi connectivity index (χ3v) is 4.05. The first-order valence-corrected chi connectivity index (χ1v) is 7.59. The monoisotopic (exact) mass is 326 g/mol. The summed E-state index contributed by atoms with van der Waals surface area (Å²) in [7, 11) is 0. The number of anilines is 2. The number of fused-ring (bicyclic) bond motifs is 1. The molecule has 1 unspecified atom stereocenters. The number of carbonyl (C=O) groups excluding carboxylic acids is 1. The summed E-state index contributed by atoms with van der Waals surface area (Å²) in [6.45, 7) is 1.55. The van der Waals surface area contributed by atoms with Gasteiger partial charge >= 0.3 is 5.97 Å². The van der Waals surface area contributed by atoms with Gasteiger partial charge in [0.2, 0.25) is 0 Å². The van der Waals surface area contributed by atoms with Crippen LogP contribution in [0.25, 0.3) is 0 Å². The molecule has 0 spiro atoms. The summed E-state index contributed by atoms with van der Waals surface area (Å²) in [6.07, 6.45) is -0.407. The van der Waals surface area contributed by atoms with Gasteiger partial charge in [-0.3, -0.25) is 14.5 Å². The number of carboxylic acids is 1. The van der Waals surface area contributed by atoms with Gasteiger partial charge in [0, 0.05) is 18.2 Å². The number of nitrogens with two attached hydrogens (primary N) is 1. The third kappa shape index (κ3) is 3.03. The molecule has 0 aromatic heterocycles. The molecule has 6 heteroatoms. The molecule has 0 aliphatic carbocycles. The molecule has 0 bridgehead atoms. The molecular formula is C18H18N2O4. The SMILES string of the molecule is Cc1ccccc1CC1Oc2cc(N)ccc2N(CC(=O)O)C1=O. The molecule has 2 aromatic carbocycles. The first-order chi connectivity index (χ1) is 11.5. The van der Waals surface area contributed by atoms with Crippen molar-refractivity contribution in [1.29, 1.82) is 0 Å². The van der Waals surface area contributed by atoms with Crippen LogP contribution in [0.2, 0.25) is 0 Å². The fourth-order valence-corrected chi connectivity index (χ4v) is 2.81. The Labute approximate surface area is 139 Å². The Hall–Kier alpha value is -3.02. The standard InChI is InChI=1S/C18H18N2O4/c1-11-4-2-3-5-12(11)8-16-18(23)20(10-17(21)22)14-7-6-13(19)9-15(14)24-16/h2-7,9,16H,8,10,19H2,1H3,(H,21,22). The van der Waals surface area contributed by atoms with E-state index < -0.39 is 18.6 Å². The number of ether oxygens (including phenoxy) is 1. The van der Waals surface area contributed by atoms with Crippen molar-refractivity contribution < 1.29 is 19.4 Å². The van der Waals surface area contributed by atoms with Crippen molar-refractivity contribution >= 4 is 23.3 Å². The molecular weight excluding hydrogens is 308 g/mol. The lowest BCUT2D eigenvalue weighted by Gasteiger charge is -2.33. The minimum absolute atomic E-state index is 0.363. The second-order valence-corrected chi connectivity index (χ2v) is 5.78. The highest BCUT2D eigenvalue weighted by Crippen LogP contribution is 2.36. The second kappa shape index (κ2) is 6.23. The van der Waals surface area contributed by atoms with Crippen LogP contribution < -0.4 is 15.4 Å². The van der Waals surface area contributed by atoms with Gasteiger partial charge in [-0.25, -0.2) is 0 Å². The van der Waals surface area contributed by atoms with Gasteiger partial charge < -0.3 is 15.6 Å². The Morgan fingerprint density at radius 1 is 1.29 bits per heavy atom. The topological polar surface area (TPSA) is 92.9 Å². The molecule has 0 radical (unpaired) electrons. The van der Waals surface area contributed by atoms with E-state index >= 15 is 0 Å². The number of nitrogen functional groups attached to an aromatic ring is 1. The van der Waals surface area contributed by atoms with E-state index in [1.807, 2.05) is 31.2 Å². The van der Waals surface area contributed by atoms with E-state index in [1.54, 1.807) is 18.2 Å². The van der Waals surface area contributed by atoms with Crippen molar-refractivity contribution in [3.63, 3.8) is 0 Å². The molecule has 1 atom stereocenters. The number of amides is 1. The Balaban J connectivity index is 1.96. The van der Waals surface area contributed by atoms with Gasteiger partial charge in [0.25, 0.3) is 5.91 Å². The van der Waals surface area contributed by atoms with Crippen LogP contribution in [-0.2, 0) is 16.0 Å². The summed E-state index contributed by atoms with van der Waals surface area (Å²) < 4.78 is 5.83. The van der Waals surface area contributed by atoms with E-state index in [2.05, 4.69) is 0 Å². The van der Waals surface area contributed by atoms with Gasteiger partial charge in [-0.15, -0.1) is 0 Å². The van der Waals surface area contributed by atoms with Crippen LogP contribution in [0.3, 0.4) is 0 Å². The van der Waals surface area contributed by atoms with E-state index in [4.69, 9.17) is 15.6 Å². The van der Waals surface area contributed by atoms with Gasteiger partial charge in [0.15, 0.2) is 6.10 Å². The molecule has 6 nitrogen and oxygen atoms in total. The van der Waals surface area contributed by atoms with E-state index in [9.17, 15) is 9.59 Å². The number of aliphatic carboxylic acids is 1. The van der Waals surface area contributed by atoms with Gasteiger partial charge in [-0.1, -0.05) is 24.3 Å². The van der Waals surface area contributed by atoms with Crippen LogP contribution in [0.5, 0.6) is 5.75 Å². The van der Waals surface area contributed by atoms with Crippen LogP contribution in [0.4, 0.5) is 11.4 Å². The molecule has 1 aliphatic rings. The van der Waals surface area contributed by atoms with Crippen molar-refractivity contribution in [2.24, 2.45) is 0 Å². The summed E-state index contributed by atoms with van der Waals surface area (Å²) in [6, 6.07) is 12.6.